The zero-order valence-electron chi connectivity index (χ0n) is 8.02. The Kier molecular flexibility index (Phi) is 3.36. The van der Waals surface area contributed by atoms with Crippen molar-refractivity contribution in [1.29, 1.82) is 0 Å². The van der Waals surface area contributed by atoms with Gasteiger partial charge in [-0.3, -0.25) is 0 Å². The van der Waals surface area contributed by atoms with Crippen molar-refractivity contribution in [3.05, 3.63) is 29.3 Å². The molecule has 2 nitrogen and oxygen atoms in total. The molecule has 1 aromatic carbocycles. The monoisotopic (exact) mass is 174 g/mol. The van der Waals surface area contributed by atoms with Crippen LogP contribution in [0.15, 0.2) is 18.2 Å². The second-order valence-corrected chi connectivity index (χ2v) is 2.92. The Bertz CT molecular complexity index is 345. The molecular formula is C11H14N2. The number of rotatable bonds is 1. The summed E-state index contributed by atoms with van der Waals surface area (Å²) in [5.41, 5.74) is 8.59. The Morgan fingerprint density at radius 3 is 2.92 bits per heavy atom. The van der Waals surface area contributed by atoms with Gasteiger partial charge in [0.05, 0.1) is 6.54 Å². The van der Waals surface area contributed by atoms with Crippen molar-refractivity contribution in [1.82, 2.24) is 5.32 Å². The first-order valence-electron chi connectivity index (χ1n) is 4.23. The minimum Gasteiger partial charge on any atom is -0.398 e. The Labute approximate surface area is 79.1 Å². The van der Waals surface area contributed by atoms with Gasteiger partial charge in [-0.2, -0.15) is 0 Å². The van der Waals surface area contributed by atoms with Crippen molar-refractivity contribution >= 4 is 5.69 Å². The van der Waals surface area contributed by atoms with E-state index in [1.807, 2.05) is 32.2 Å². The summed E-state index contributed by atoms with van der Waals surface area (Å²) in [5.74, 6) is 6.00. The lowest BCUT2D eigenvalue weighted by molar-refractivity contribution is 0.938. The molecule has 0 unspecified atom stereocenters. The maximum Gasteiger partial charge on any atom is 0.0577 e. The fraction of sp³-hybridized carbons (Fsp3) is 0.273. The van der Waals surface area contributed by atoms with Crippen molar-refractivity contribution in [3.63, 3.8) is 0 Å². The van der Waals surface area contributed by atoms with E-state index < -0.39 is 0 Å². The summed E-state index contributed by atoms with van der Waals surface area (Å²) in [7, 11) is 1.87. The van der Waals surface area contributed by atoms with Gasteiger partial charge < -0.3 is 11.1 Å². The fourth-order valence-corrected chi connectivity index (χ4v) is 1.01. The quantitative estimate of drug-likeness (QED) is 0.495. The number of aryl methyl sites for hydroxylation is 1. The molecule has 2 heteroatoms. The van der Waals surface area contributed by atoms with Gasteiger partial charge in [0.25, 0.3) is 0 Å². The Hall–Kier alpha value is -1.46. The van der Waals surface area contributed by atoms with E-state index in [0.717, 1.165) is 11.3 Å². The van der Waals surface area contributed by atoms with Crippen LogP contribution in [-0.2, 0) is 0 Å². The zero-order chi connectivity index (χ0) is 9.68. The van der Waals surface area contributed by atoms with Gasteiger partial charge in [-0.25, -0.2) is 0 Å². The number of anilines is 1. The third kappa shape index (κ3) is 2.81. The van der Waals surface area contributed by atoms with E-state index in [2.05, 4.69) is 17.2 Å². The van der Waals surface area contributed by atoms with Gasteiger partial charge in [-0.1, -0.05) is 17.9 Å². The highest BCUT2D eigenvalue weighted by atomic mass is 14.8. The molecule has 0 heterocycles. The highest BCUT2D eigenvalue weighted by molar-refractivity contribution is 5.56. The largest absolute Gasteiger partial charge is 0.398 e. The number of benzene rings is 1. The molecule has 1 aromatic rings. The van der Waals surface area contributed by atoms with Crippen LogP contribution in [0.25, 0.3) is 0 Å². The maximum atomic E-state index is 5.75. The van der Waals surface area contributed by atoms with Gasteiger partial charge >= 0.3 is 0 Å². The minimum absolute atomic E-state index is 0.688. The van der Waals surface area contributed by atoms with Crippen molar-refractivity contribution in [2.45, 2.75) is 6.92 Å². The molecule has 0 atom stereocenters. The van der Waals surface area contributed by atoms with Gasteiger partial charge in [0, 0.05) is 11.3 Å². The molecule has 0 aromatic heterocycles. The van der Waals surface area contributed by atoms with Crippen molar-refractivity contribution < 1.29 is 0 Å². The first kappa shape index (κ1) is 9.63. The van der Waals surface area contributed by atoms with Crippen LogP contribution < -0.4 is 11.1 Å². The molecule has 0 aliphatic rings. The molecular weight excluding hydrogens is 160 g/mol. The van der Waals surface area contributed by atoms with Gasteiger partial charge in [0.15, 0.2) is 0 Å². The van der Waals surface area contributed by atoms with Crippen molar-refractivity contribution in [2.24, 2.45) is 0 Å². The van der Waals surface area contributed by atoms with Crippen molar-refractivity contribution in [2.75, 3.05) is 19.3 Å². The van der Waals surface area contributed by atoms with E-state index >= 15 is 0 Å². The molecule has 0 fully saturated rings. The predicted octanol–water partition coefficient (Wildman–Crippen LogP) is 1.15. The topological polar surface area (TPSA) is 38.0 Å². The average molecular weight is 174 g/mol. The Morgan fingerprint density at radius 2 is 2.23 bits per heavy atom. The average Bonchev–Trinajstić information content (AvgIpc) is 2.11. The molecule has 0 spiro atoms. The lowest BCUT2D eigenvalue weighted by Gasteiger charge is -1.98. The Morgan fingerprint density at radius 1 is 1.46 bits per heavy atom. The molecule has 0 bridgehead atoms. The van der Waals surface area contributed by atoms with E-state index in [9.17, 15) is 0 Å². The highest BCUT2D eigenvalue weighted by Gasteiger charge is 1.93. The number of nitrogen functional groups attached to an aromatic ring is 1. The van der Waals surface area contributed by atoms with Crippen LogP contribution >= 0.6 is 0 Å². The summed E-state index contributed by atoms with van der Waals surface area (Å²) in [6.07, 6.45) is 0. The summed E-state index contributed by atoms with van der Waals surface area (Å²) in [6, 6.07) is 5.87. The maximum absolute atomic E-state index is 5.75. The van der Waals surface area contributed by atoms with Gasteiger partial charge in [-0.15, -0.1) is 0 Å². The third-order valence-corrected chi connectivity index (χ3v) is 1.70. The standard InChI is InChI=1S/C11H14N2/c1-9-5-6-11(12)10(8-9)4-3-7-13-2/h5-6,8,13H,7,12H2,1-2H3. The smallest absolute Gasteiger partial charge is 0.0577 e. The molecule has 0 saturated carbocycles. The van der Waals surface area contributed by atoms with E-state index in [-0.39, 0.29) is 0 Å². The van der Waals surface area contributed by atoms with E-state index in [0.29, 0.717) is 6.54 Å². The number of hydrogen-bond donors (Lipinski definition) is 2. The van der Waals surface area contributed by atoms with Crippen LogP contribution in [-0.4, -0.2) is 13.6 Å². The molecule has 68 valence electrons. The molecule has 0 radical (unpaired) electrons. The van der Waals surface area contributed by atoms with Crippen molar-refractivity contribution in [3.8, 4) is 11.8 Å². The van der Waals surface area contributed by atoms with Crippen LogP contribution in [0.1, 0.15) is 11.1 Å². The highest BCUT2D eigenvalue weighted by Crippen LogP contribution is 2.11. The van der Waals surface area contributed by atoms with Gasteiger partial charge in [-0.05, 0) is 31.7 Å². The lowest BCUT2D eigenvalue weighted by Crippen LogP contribution is -2.04. The second kappa shape index (κ2) is 4.54. The molecule has 0 aliphatic carbocycles. The van der Waals surface area contributed by atoms with E-state index in [4.69, 9.17) is 5.73 Å². The molecule has 13 heavy (non-hydrogen) atoms. The summed E-state index contributed by atoms with van der Waals surface area (Å²) >= 11 is 0. The van der Waals surface area contributed by atoms with Crippen LogP contribution in [0.3, 0.4) is 0 Å². The van der Waals surface area contributed by atoms with Gasteiger partial charge in [0.2, 0.25) is 0 Å². The summed E-state index contributed by atoms with van der Waals surface area (Å²) in [5, 5.41) is 2.96. The third-order valence-electron chi connectivity index (χ3n) is 1.70. The van der Waals surface area contributed by atoms with Crippen LogP contribution in [0, 0.1) is 18.8 Å². The van der Waals surface area contributed by atoms with E-state index in [1.54, 1.807) is 0 Å². The summed E-state index contributed by atoms with van der Waals surface area (Å²) in [6.45, 7) is 2.72. The second-order valence-electron chi connectivity index (χ2n) is 2.92. The number of hydrogen-bond acceptors (Lipinski definition) is 2. The summed E-state index contributed by atoms with van der Waals surface area (Å²) in [4.78, 5) is 0. The summed E-state index contributed by atoms with van der Waals surface area (Å²) < 4.78 is 0. The predicted molar refractivity (Wildman–Crippen MR) is 56.4 cm³/mol. The number of nitrogens with one attached hydrogen (secondary N) is 1. The van der Waals surface area contributed by atoms with Crippen LogP contribution in [0.4, 0.5) is 5.69 Å². The van der Waals surface area contributed by atoms with Crippen LogP contribution in [0.2, 0.25) is 0 Å². The molecule has 0 saturated heterocycles. The van der Waals surface area contributed by atoms with Crippen LogP contribution in [0.5, 0.6) is 0 Å². The molecule has 1 rings (SSSR count). The van der Waals surface area contributed by atoms with E-state index in [1.165, 1.54) is 5.56 Å². The normalized spacial score (nSPS) is 9.08. The zero-order valence-corrected chi connectivity index (χ0v) is 8.02. The first-order valence-corrected chi connectivity index (χ1v) is 4.23. The molecule has 0 amide bonds. The lowest BCUT2D eigenvalue weighted by atomic mass is 10.1. The van der Waals surface area contributed by atoms with Gasteiger partial charge in [0.1, 0.15) is 0 Å². The molecule has 3 N–H and O–H groups in total. The number of nitrogens with two attached hydrogens (primary N) is 1. The SMILES string of the molecule is CNCC#Cc1cc(C)ccc1N. The fourth-order valence-electron chi connectivity index (χ4n) is 1.01. The first-order chi connectivity index (χ1) is 6.24. The Balaban J connectivity index is 2.89. The molecule has 0 aliphatic heterocycles. The minimum atomic E-state index is 0.688.